The van der Waals surface area contributed by atoms with Crippen LogP contribution in [0.5, 0.6) is 0 Å². The first-order valence-electron chi connectivity index (χ1n) is 13.1. The highest BCUT2D eigenvalue weighted by Gasteiger charge is 2.37. The van der Waals surface area contributed by atoms with E-state index in [1.807, 2.05) is 0 Å². The molecule has 0 saturated carbocycles. The first-order chi connectivity index (χ1) is 19.7. The number of carbonyl (C=O) groups is 4. The van der Waals surface area contributed by atoms with Crippen molar-refractivity contribution in [2.24, 2.45) is 0 Å². The zero-order valence-electron chi connectivity index (χ0n) is 22.4. The van der Waals surface area contributed by atoms with E-state index in [4.69, 9.17) is 9.47 Å². The standard InChI is InChI=1S/C28H32N4O8S/c1-2-39-28-23(15-25(34)40-28)30-24(33)18-32-17-19(16-29-41(37,38)21-11-7-4-8-12-21)13-14-22(27(32)36)31-26(35)20-9-5-3-6-10-20/h3-13,22-23,28-29H,2,14-18H2,1H3,(H,30,33)(H,31,35). The molecule has 2 aliphatic heterocycles. The molecule has 13 heteroatoms. The predicted molar refractivity (Wildman–Crippen MR) is 147 cm³/mol. The largest absolute Gasteiger partial charge is 0.433 e. The van der Waals surface area contributed by atoms with E-state index < -0.39 is 58.6 Å². The highest BCUT2D eigenvalue weighted by molar-refractivity contribution is 7.89. The molecule has 2 aromatic rings. The lowest BCUT2D eigenvalue weighted by molar-refractivity contribution is -0.164. The number of nitrogens with one attached hydrogen (secondary N) is 3. The van der Waals surface area contributed by atoms with E-state index in [0.29, 0.717) is 11.1 Å². The van der Waals surface area contributed by atoms with Gasteiger partial charge in [0.15, 0.2) is 0 Å². The van der Waals surface area contributed by atoms with Gasteiger partial charge in [0.2, 0.25) is 28.1 Å². The minimum Gasteiger partial charge on any atom is -0.433 e. The van der Waals surface area contributed by atoms with Gasteiger partial charge in [-0.2, -0.15) is 0 Å². The quantitative estimate of drug-likeness (QED) is 0.257. The highest BCUT2D eigenvalue weighted by Crippen LogP contribution is 2.18. The summed E-state index contributed by atoms with van der Waals surface area (Å²) >= 11 is 0. The summed E-state index contributed by atoms with van der Waals surface area (Å²) in [6.45, 7) is 1.42. The zero-order valence-corrected chi connectivity index (χ0v) is 23.3. The smallest absolute Gasteiger partial charge is 0.310 e. The van der Waals surface area contributed by atoms with Crippen LogP contribution < -0.4 is 15.4 Å². The molecule has 0 spiro atoms. The average Bonchev–Trinajstić information content (AvgIpc) is 3.24. The summed E-state index contributed by atoms with van der Waals surface area (Å²) in [5, 5.41) is 5.40. The summed E-state index contributed by atoms with van der Waals surface area (Å²) in [6.07, 6.45) is 0.771. The number of hydrogen-bond donors (Lipinski definition) is 3. The van der Waals surface area contributed by atoms with E-state index in [1.165, 1.54) is 17.0 Å². The predicted octanol–water partition coefficient (Wildman–Crippen LogP) is 0.717. The van der Waals surface area contributed by atoms with Gasteiger partial charge in [-0.15, -0.1) is 0 Å². The third-order valence-electron chi connectivity index (χ3n) is 6.50. The molecular weight excluding hydrogens is 552 g/mol. The van der Waals surface area contributed by atoms with Gasteiger partial charge in [-0.25, -0.2) is 13.1 Å². The van der Waals surface area contributed by atoms with E-state index >= 15 is 0 Å². The van der Waals surface area contributed by atoms with Crippen molar-refractivity contribution in [2.75, 3.05) is 26.2 Å². The minimum atomic E-state index is -3.83. The fraction of sp³-hybridized carbons (Fsp3) is 0.357. The molecule has 218 valence electrons. The zero-order chi connectivity index (χ0) is 29.4. The Kier molecular flexibility index (Phi) is 9.86. The molecule has 1 fully saturated rings. The minimum absolute atomic E-state index is 0.0593. The van der Waals surface area contributed by atoms with Gasteiger partial charge in [-0.05, 0) is 43.2 Å². The van der Waals surface area contributed by atoms with E-state index in [2.05, 4.69) is 15.4 Å². The molecule has 41 heavy (non-hydrogen) atoms. The van der Waals surface area contributed by atoms with Gasteiger partial charge in [0.25, 0.3) is 5.91 Å². The van der Waals surface area contributed by atoms with E-state index in [-0.39, 0.29) is 37.4 Å². The van der Waals surface area contributed by atoms with E-state index in [1.54, 1.807) is 61.5 Å². The molecule has 0 bridgehead atoms. The number of rotatable bonds is 11. The topological polar surface area (TPSA) is 160 Å². The Labute approximate surface area is 238 Å². The molecule has 0 aromatic heterocycles. The summed E-state index contributed by atoms with van der Waals surface area (Å²) in [5.74, 6) is -2.05. The lowest BCUT2D eigenvalue weighted by atomic mass is 10.1. The fourth-order valence-corrected chi connectivity index (χ4v) is 5.53. The summed E-state index contributed by atoms with van der Waals surface area (Å²) < 4.78 is 38.5. The number of ether oxygens (including phenoxy) is 2. The first-order valence-corrected chi connectivity index (χ1v) is 14.6. The van der Waals surface area contributed by atoms with Crippen molar-refractivity contribution in [3.63, 3.8) is 0 Å². The molecule has 2 heterocycles. The van der Waals surface area contributed by atoms with Gasteiger partial charge in [-0.3, -0.25) is 19.2 Å². The van der Waals surface area contributed by atoms with Gasteiger partial charge < -0.3 is 25.0 Å². The Hall–Kier alpha value is -4.07. The lowest BCUT2D eigenvalue weighted by Gasteiger charge is -2.26. The van der Waals surface area contributed by atoms with Crippen LogP contribution in [0.1, 0.15) is 30.1 Å². The number of nitrogens with zero attached hydrogens (tertiary/aromatic N) is 1. The van der Waals surface area contributed by atoms with Gasteiger partial charge in [-0.1, -0.05) is 42.5 Å². The number of esters is 1. The van der Waals surface area contributed by atoms with Crippen molar-refractivity contribution >= 4 is 33.7 Å². The Balaban J connectivity index is 1.49. The monoisotopic (exact) mass is 584 g/mol. The van der Waals surface area contributed by atoms with Crippen LogP contribution in [0.15, 0.2) is 77.2 Å². The number of carbonyl (C=O) groups excluding carboxylic acids is 4. The second-order valence-electron chi connectivity index (χ2n) is 9.51. The summed E-state index contributed by atoms with van der Waals surface area (Å²) in [5.41, 5.74) is 0.898. The highest BCUT2D eigenvalue weighted by atomic mass is 32.2. The molecule has 0 aliphatic carbocycles. The maximum atomic E-state index is 13.5. The Morgan fingerprint density at radius 2 is 1.71 bits per heavy atom. The molecule has 3 N–H and O–H groups in total. The number of benzene rings is 2. The Bertz CT molecular complexity index is 1400. The van der Waals surface area contributed by atoms with Crippen LogP contribution in [0.25, 0.3) is 0 Å². The van der Waals surface area contributed by atoms with E-state index in [9.17, 15) is 27.6 Å². The third-order valence-corrected chi connectivity index (χ3v) is 7.92. The van der Waals surface area contributed by atoms with E-state index in [0.717, 1.165) is 0 Å². The lowest BCUT2D eigenvalue weighted by Crippen LogP contribution is -2.52. The molecule has 3 amide bonds. The van der Waals surface area contributed by atoms with Crippen molar-refractivity contribution in [3.05, 3.63) is 77.9 Å². The first kappa shape index (κ1) is 29.9. The van der Waals surface area contributed by atoms with Crippen molar-refractivity contribution < 1.29 is 37.1 Å². The fourth-order valence-electron chi connectivity index (χ4n) is 4.47. The summed E-state index contributed by atoms with van der Waals surface area (Å²) in [6, 6.07) is 14.5. The molecular formula is C28H32N4O8S. The molecule has 3 atom stereocenters. The Morgan fingerprint density at radius 1 is 1.02 bits per heavy atom. The molecule has 1 saturated heterocycles. The van der Waals surface area contributed by atoms with Gasteiger partial charge in [0, 0.05) is 25.3 Å². The average molecular weight is 585 g/mol. The maximum Gasteiger partial charge on any atom is 0.310 e. The van der Waals surface area contributed by atoms with Gasteiger partial charge in [0.1, 0.15) is 12.1 Å². The molecule has 4 rings (SSSR count). The van der Waals surface area contributed by atoms with Crippen molar-refractivity contribution in [1.82, 2.24) is 20.3 Å². The van der Waals surface area contributed by atoms with Crippen LogP contribution in [0.4, 0.5) is 0 Å². The normalized spacial score (nSPS) is 21.0. The molecule has 2 aliphatic rings. The number of cyclic esters (lactones) is 1. The SMILES string of the molecule is CCOC1OC(=O)CC1NC(=O)CN1CC(CNS(=O)(=O)c2ccccc2)=CCC(NC(=O)c2ccccc2)C1=O. The summed E-state index contributed by atoms with van der Waals surface area (Å²) in [4.78, 5) is 52.4. The summed E-state index contributed by atoms with van der Waals surface area (Å²) in [7, 11) is -3.83. The van der Waals surface area contributed by atoms with Crippen LogP contribution in [0, 0.1) is 0 Å². The second-order valence-corrected chi connectivity index (χ2v) is 11.3. The Morgan fingerprint density at radius 3 is 2.39 bits per heavy atom. The molecule has 3 unspecified atom stereocenters. The molecule has 12 nitrogen and oxygen atoms in total. The van der Waals surface area contributed by atoms with Gasteiger partial charge >= 0.3 is 5.97 Å². The third kappa shape index (κ3) is 7.99. The van der Waals surface area contributed by atoms with Crippen molar-refractivity contribution in [1.29, 1.82) is 0 Å². The number of sulfonamides is 1. The van der Waals surface area contributed by atoms with Crippen molar-refractivity contribution in [2.45, 2.75) is 43.0 Å². The molecule has 0 radical (unpaired) electrons. The van der Waals surface area contributed by atoms with Crippen molar-refractivity contribution in [3.8, 4) is 0 Å². The maximum absolute atomic E-state index is 13.5. The van der Waals surface area contributed by atoms with Crippen LogP contribution in [0.2, 0.25) is 0 Å². The van der Waals surface area contributed by atoms with Crippen LogP contribution in [0.3, 0.4) is 0 Å². The molecule has 2 aromatic carbocycles. The van der Waals surface area contributed by atoms with Crippen LogP contribution in [-0.4, -0.2) is 81.6 Å². The number of amides is 3. The second kappa shape index (κ2) is 13.5. The van der Waals surface area contributed by atoms with Crippen LogP contribution >= 0.6 is 0 Å². The number of hydrogen-bond acceptors (Lipinski definition) is 8. The van der Waals surface area contributed by atoms with Crippen LogP contribution in [-0.2, 0) is 33.9 Å². The van der Waals surface area contributed by atoms with Gasteiger partial charge in [0.05, 0.1) is 17.9 Å².